The second-order valence-corrected chi connectivity index (χ2v) is 6.04. The number of hydrogen-bond acceptors (Lipinski definition) is 2. The molecule has 0 spiro atoms. The fourth-order valence-electron chi connectivity index (χ4n) is 1.77. The van der Waals surface area contributed by atoms with Gasteiger partial charge in [0.15, 0.2) is 0 Å². The minimum atomic E-state index is -3.73. The van der Waals surface area contributed by atoms with Crippen LogP contribution in [0.25, 0.3) is 0 Å². The Balaban J connectivity index is -0.000000375. The molecule has 0 fully saturated rings. The van der Waals surface area contributed by atoms with Gasteiger partial charge in [-0.15, -0.1) is 0 Å². The number of hydrogen-bond donors (Lipinski definition) is 1. The molecular formula is C12H28MgO3S. The molecule has 0 atom stereocenters. The first-order valence-corrected chi connectivity index (χ1v) is 8.12. The summed E-state index contributed by atoms with van der Waals surface area (Å²) in [5.74, 6) is -0.0799. The predicted octanol–water partition coefficient (Wildman–Crippen LogP) is 3.64. The first kappa shape index (κ1) is 20.0. The summed E-state index contributed by atoms with van der Waals surface area (Å²) < 4.78 is 29.4. The molecule has 0 aromatic heterocycles. The summed E-state index contributed by atoms with van der Waals surface area (Å²) in [5, 5.41) is 0. The molecule has 0 aromatic rings. The third kappa shape index (κ3) is 19.2. The maximum absolute atomic E-state index is 10.4. The molecular weight excluding hydrogens is 249 g/mol. The summed E-state index contributed by atoms with van der Waals surface area (Å²) in [7, 11) is -3.73. The molecule has 0 radical (unpaired) electrons. The third-order valence-corrected chi connectivity index (χ3v) is 3.56. The Kier molecular flexibility index (Phi) is 15.4. The Morgan fingerprint density at radius 1 is 0.824 bits per heavy atom. The maximum atomic E-state index is 10.4. The molecule has 1 N–H and O–H groups in total. The van der Waals surface area contributed by atoms with Crippen molar-refractivity contribution in [3.63, 3.8) is 0 Å². The van der Waals surface area contributed by atoms with E-state index in [1.807, 2.05) is 0 Å². The standard InChI is InChI=1S/C12H26O3S.Mg.2H/c1-2-3-4-5-6-7-8-9-10-11-12-16(13,14)15;;;/h2-12H2,1H3,(H,13,14,15);;;/q;+2;2*-1. The van der Waals surface area contributed by atoms with Crippen LogP contribution < -0.4 is 0 Å². The Hall–Kier alpha value is 0.676. The van der Waals surface area contributed by atoms with Gasteiger partial charge in [-0.2, -0.15) is 8.42 Å². The Labute approximate surface area is 126 Å². The van der Waals surface area contributed by atoms with Crippen LogP contribution in [0.4, 0.5) is 0 Å². The van der Waals surface area contributed by atoms with Crippen molar-refractivity contribution in [2.75, 3.05) is 5.75 Å². The van der Waals surface area contributed by atoms with E-state index in [4.69, 9.17) is 4.55 Å². The summed E-state index contributed by atoms with van der Waals surface area (Å²) in [6.07, 6.45) is 11.7. The van der Waals surface area contributed by atoms with Crippen LogP contribution in [-0.2, 0) is 10.1 Å². The van der Waals surface area contributed by atoms with E-state index in [0.717, 1.165) is 12.8 Å². The second kappa shape index (κ2) is 13.1. The van der Waals surface area contributed by atoms with Crippen molar-refractivity contribution in [2.45, 2.75) is 71.1 Å². The molecule has 0 aliphatic carbocycles. The molecule has 0 bridgehead atoms. The second-order valence-electron chi connectivity index (χ2n) is 4.47. The Morgan fingerprint density at radius 2 is 1.18 bits per heavy atom. The topological polar surface area (TPSA) is 54.4 Å². The maximum Gasteiger partial charge on any atom is 2.00 e. The summed E-state index contributed by atoms with van der Waals surface area (Å²) in [4.78, 5) is 0. The molecule has 102 valence electrons. The first-order valence-electron chi connectivity index (χ1n) is 6.51. The van der Waals surface area contributed by atoms with Gasteiger partial charge in [-0.3, -0.25) is 4.55 Å². The van der Waals surface area contributed by atoms with Crippen LogP contribution >= 0.6 is 0 Å². The van der Waals surface area contributed by atoms with Crippen molar-refractivity contribution in [1.29, 1.82) is 0 Å². The first-order chi connectivity index (χ1) is 7.56. The molecule has 0 heterocycles. The minimum absolute atomic E-state index is 0. The predicted molar refractivity (Wildman–Crippen MR) is 76.2 cm³/mol. The van der Waals surface area contributed by atoms with Crippen LogP contribution in [0.15, 0.2) is 0 Å². The van der Waals surface area contributed by atoms with Gasteiger partial charge in [-0.05, 0) is 6.42 Å². The van der Waals surface area contributed by atoms with Crippen molar-refractivity contribution >= 4 is 33.2 Å². The normalized spacial score (nSPS) is 11.2. The molecule has 0 saturated carbocycles. The van der Waals surface area contributed by atoms with Crippen molar-refractivity contribution < 1.29 is 15.8 Å². The summed E-state index contributed by atoms with van der Waals surface area (Å²) in [5.41, 5.74) is 0. The molecule has 0 aliphatic heterocycles. The zero-order valence-corrected chi connectivity index (χ0v) is 13.4. The van der Waals surface area contributed by atoms with Crippen LogP contribution in [0.1, 0.15) is 74.0 Å². The van der Waals surface area contributed by atoms with Crippen molar-refractivity contribution in [3.8, 4) is 0 Å². The van der Waals surface area contributed by atoms with E-state index in [0.29, 0.717) is 6.42 Å². The molecule has 0 rings (SSSR count). The minimum Gasteiger partial charge on any atom is -1.00 e. The van der Waals surface area contributed by atoms with Gasteiger partial charge in [0.25, 0.3) is 10.1 Å². The van der Waals surface area contributed by atoms with Gasteiger partial charge < -0.3 is 2.85 Å². The van der Waals surface area contributed by atoms with Gasteiger partial charge in [-0.1, -0.05) is 64.7 Å². The molecule has 17 heavy (non-hydrogen) atoms. The average Bonchev–Trinajstić information content (AvgIpc) is 2.19. The molecule has 0 unspecified atom stereocenters. The molecule has 3 nitrogen and oxygen atoms in total. The zero-order valence-electron chi connectivity index (χ0n) is 13.2. The van der Waals surface area contributed by atoms with Gasteiger partial charge in [0.2, 0.25) is 0 Å². The molecule has 0 aromatic carbocycles. The van der Waals surface area contributed by atoms with Crippen LogP contribution in [-0.4, -0.2) is 41.8 Å². The molecule has 0 aliphatic rings. The third-order valence-electron chi connectivity index (χ3n) is 2.76. The van der Waals surface area contributed by atoms with Gasteiger partial charge in [0.05, 0.1) is 5.75 Å². The van der Waals surface area contributed by atoms with Gasteiger partial charge in [0.1, 0.15) is 0 Å². The summed E-state index contributed by atoms with van der Waals surface area (Å²) in [6, 6.07) is 0. The van der Waals surface area contributed by atoms with E-state index in [9.17, 15) is 8.42 Å². The fourth-order valence-corrected chi connectivity index (χ4v) is 2.34. The van der Waals surface area contributed by atoms with Gasteiger partial charge >= 0.3 is 23.1 Å². The fraction of sp³-hybridized carbons (Fsp3) is 1.00. The van der Waals surface area contributed by atoms with Crippen LogP contribution in [0.3, 0.4) is 0 Å². The summed E-state index contributed by atoms with van der Waals surface area (Å²) >= 11 is 0. The van der Waals surface area contributed by atoms with E-state index in [2.05, 4.69) is 6.92 Å². The number of unbranched alkanes of at least 4 members (excludes halogenated alkanes) is 9. The van der Waals surface area contributed by atoms with E-state index in [1.54, 1.807) is 0 Å². The van der Waals surface area contributed by atoms with Gasteiger partial charge in [0, 0.05) is 0 Å². The Morgan fingerprint density at radius 3 is 1.53 bits per heavy atom. The van der Waals surface area contributed by atoms with Gasteiger partial charge in [-0.25, -0.2) is 0 Å². The number of rotatable bonds is 11. The van der Waals surface area contributed by atoms with Crippen molar-refractivity contribution in [1.82, 2.24) is 0 Å². The smallest absolute Gasteiger partial charge is 1.00 e. The summed E-state index contributed by atoms with van der Waals surface area (Å²) in [6.45, 7) is 2.22. The van der Waals surface area contributed by atoms with E-state index >= 15 is 0 Å². The molecule has 0 amide bonds. The molecule has 0 saturated heterocycles. The molecule has 5 heteroatoms. The van der Waals surface area contributed by atoms with Crippen LogP contribution in [0.2, 0.25) is 0 Å². The zero-order chi connectivity index (χ0) is 12.3. The van der Waals surface area contributed by atoms with E-state index in [-0.39, 0.29) is 31.7 Å². The van der Waals surface area contributed by atoms with Crippen LogP contribution in [0.5, 0.6) is 0 Å². The van der Waals surface area contributed by atoms with Crippen LogP contribution in [0, 0.1) is 0 Å². The van der Waals surface area contributed by atoms with Crippen molar-refractivity contribution in [2.24, 2.45) is 0 Å². The van der Waals surface area contributed by atoms with E-state index in [1.165, 1.54) is 44.9 Å². The average molecular weight is 277 g/mol. The quantitative estimate of drug-likeness (QED) is 0.356. The monoisotopic (exact) mass is 276 g/mol. The van der Waals surface area contributed by atoms with Crippen molar-refractivity contribution in [3.05, 3.63) is 0 Å². The van der Waals surface area contributed by atoms with E-state index < -0.39 is 10.1 Å². The Bertz CT molecular complexity index is 249. The SMILES string of the molecule is CCCCCCCCCCCCS(=O)(=O)O.[H-].[H-].[Mg+2]. The largest absolute Gasteiger partial charge is 2.00 e.